The highest BCUT2D eigenvalue weighted by Crippen LogP contribution is 2.16. The number of hydrogen-bond acceptors (Lipinski definition) is 2. The average Bonchev–Trinajstić information content (AvgIpc) is 2.51. The first kappa shape index (κ1) is 16.5. The molecule has 22 heavy (non-hydrogen) atoms. The molecule has 0 aliphatic carbocycles. The summed E-state index contributed by atoms with van der Waals surface area (Å²) in [7, 11) is 1.86. The van der Waals surface area contributed by atoms with Crippen LogP contribution in [-0.2, 0) is 11.2 Å². The third kappa shape index (κ3) is 4.31. The van der Waals surface area contributed by atoms with Gasteiger partial charge in [-0.2, -0.15) is 0 Å². The maximum Gasteiger partial charge on any atom is 0.226 e. The molecule has 0 aliphatic rings. The predicted molar refractivity (Wildman–Crippen MR) is 92.7 cm³/mol. The molecule has 118 valence electrons. The number of hydrogen-bond donors (Lipinski definition) is 1. The minimum atomic E-state index is 0.145. The van der Waals surface area contributed by atoms with E-state index < -0.39 is 0 Å². The maximum atomic E-state index is 12.3. The van der Waals surface area contributed by atoms with Gasteiger partial charge in [0, 0.05) is 19.6 Å². The predicted octanol–water partition coefficient (Wildman–Crippen LogP) is 3.21. The zero-order valence-corrected chi connectivity index (χ0v) is 13.8. The normalized spacial score (nSPS) is 12.6. The zero-order valence-electron chi connectivity index (χ0n) is 13.8. The Morgan fingerprint density at radius 2 is 1.82 bits per heavy atom. The summed E-state index contributed by atoms with van der Waals surface area (Å²) in [5.41, 5.74) is 7.10. The van der Waals surface area contributed by atoms with E-state index in [-0.39, 0.29) is 11.9 Å². The van der Waals surface area contributed by atoms with Crippen molar-refractivity contribution in [3.8, 4) is 0 Å². The molecule has 0 bridgehead atoms. The summed E-state index contributed by atoms with van der Waals surface area (Å²) in [6, 6.07) is 14.6. The van der Waals surface area contributed by atoms with Crippen molar-refractivity contribution in [2.75, 3.05) is 13.6 Å². The van der Waals surface area contributed by atoms with Gasteiger partial charge in [-0.3, -0.25) is 4.79 Å². The quantitative estimate of drug-likeness (QED) is 0.890. The first-order chi connectivity index (χ1) is 10.5. The number of benzene rings is 2. The summed E-state index contributed by atoms with van der Waals surface area (Å²) < 4.78 is 0. The van der Waals surface area contributed by atoms with Gasteiger partial charge in [-0.1, -0.05) is 56.3 Å². The van der Waals surface area contributed by atoms with Crippen molar-refractivity contribution in [1.29, 1.82) is 0 Å². The van der Waals surface area contributed by atoms with Crippen LogP contribution in [0.3, 0.4) is 0 Å². The third-order valence-corrected chi connectivity index (χ3v) is 4.25. The van der Waals surface area contributed by atoms with Crippen LogP contribution in [0.5, 0.6) is 0 Å². The van der Waals surface area contributed by atoms with E-state index in [4.69, 9.17) is 5.73 Å². The van der Waals surface area contributed by atoms with E-state index in [2.05, 4.69) is 38.1 Å². The van der Waals surface area contributed by atoms with Gasteiger partial charge < -0.3 is 10.6 Å². The summed E-state index contributed by atoms with van der Waals surface area (Å²) in [6.07, 6.45) is 1.29. The highest BCUT2D eigenvalue weighted by atomic mass is 16.2. The maximum absolute atomic E-state index is 12.3. The van der Waals surface area contributed by atoms with Gasteiger partial charge in [0.2, 0.25) is 5.91 Å². The fraction of sp³-hybridized carbons (Fsp3) is 0.421. The van der Waals surface area contributed by atoms with E-state index in [1.165, 1.54) is 10.8 Å². The summed E-state index contributed by atoms with van der Waals surface area (Å²) in [5.74, 6) is 0.593. The molecule has 0 fully saturated rings. The Bertz CT molecular complexity index is 636. The molecule has 2 aromatic rings. The monoisotopic (exact) mass is 298 g/mol. The number of carbonyl (C=O) groups is 1. The van der Waals surface area contributed by atoms with Crippen LogP contribution in [0.4, 0.5) is 0 Å². The van der Waals surface area contributed by atoms with Crippen LogP contribution in [0.1, 0.15) is 25.8 Å². The molecule has 3 nitrogen and oxygen atoms in total. The van der Waals surface area contributed by atoms with E-state index in [0.29, 0.717) is 18.9 Å². The summed E-state index contributed by atoms with van der Waals surface area (Å²) >= 11 is 0. The Hall–Kier alpha value is -1.87. The number of carbonyl (C=O) groups excluding carboxylic acids is 1. The number of nitrogens with two attached hydrogens (primary N) is 1. The van der Waals surface area contributed by atoms with Gasteiger partial charge in [-0.15, -0.1) is 0 Å². The van der Waals surface area contributed by atoms with Crippen LogP contribution in [0.2, 0.25) is 0 Å². The Balaban J connectivity index is 1.95. The van der Waals surface area contributed by atoms with Crippen molar-refractivity contribution >= 4 is 16.7 Å². The van der Waals surface area contributed by atoms with E-state index in [1.54, 1.807) is 4.90 Å². The van der Waals surface area contributed by atoms with Crippen LogP contribution >= 0.6 is 0 Å². The molecule has 2 rings (SSSR count). The van der Waals surface area contributed by atoms with Gasteiger partial charge in [0.25, 0.3) is 0 Å². The smallest absolute Gasteiger partial charge is 0.226 e. The Labute approximate surface area is 133 Å². The lowest BCUT2D eigenvalue weighted by atomic mass is 10.0. The zero-order chi connectivity index (χ0) is 16.1. The van der Waals surface area contributed by atoms with Crippen molar-refractivity contribution in [2.24, 2.45) is 11.7 Å². The Kier molecular flexibility index (Phi) is 5.56. The standard InChI is InChI=1S/C19H26N2O/c1-14(2)18(20)10-11-21(3)19(22)13-15-8-9-16-6-4-5-7-17(16)12-15/h4-9,12,14,18H,10-11,13,20H2,1-3H3. The topological polar surface area (TPSA) is 46.3 Å². The number of likely N-dealkylation sites (N-methyl/N-ethyl adjacent to an activating group) is 1. The van der Waals surface area contributed by atoms with Crippen LogP contribution in [-0.4, -0.2) is 30.4 Å². The average molecular weight is 298 g/mol. The first-order valence-electron chi connectivity index (χ1n) is 7.94. The lowest BCUT2D eigenvalue weighted by molar-refractivity contribution is -0.129. The molecule has 1 unspecified atom stereocenters. The number of nitrogens with zero attached hydrogens (tertiary/aromatic N) is 1. The summed E-state index contributed by atoms with van der Waals surface area (Å²) in [5, 5.41) is 2.38. The first-order valence-corrected chi connectivity index (χ1v) is 7.94. The van der Waals surface area contributed by atoms with Crippen LogP contribution in [0.15, 0.2) is 42.5 Å². The molecule has 0 heterocycles. The Morgan fingerprint density at radius 3 is 2.50 bits per heavy atom. The fourth-order valence-corrected chi connectivity index (χ4v) is 2.46. The SMILES string of the molecule is CC(C)C(N)CCN(C)C(=O)Cc1ccc2ccccc2c1. The van der Waals surface area contributed by atoms with Gasteiger partial charge in [0.05, 0.1) is 6.42 Å². The van der Waals surface area contributed by atoms with Gasteiger partial charge in [-0.05, 0) is 28.7 Å². The minimum absolute atomic E-state index is 0.145. The fourth-order valence-electron chi connectivity index (χ4n) is 2.46. The number of amides is 1. The minimum Gasteiger partial charge on any atom is -0.345 e. The van der Waals surface area contributed by atoms with E-state index in [9.17, 15) is 4.79 Å². The van der Waals surface area contributed by atoms with Gasteiger partial charge in [0.1, 0.15) is 0 Å². The number of rotatable bonds is 6. The van der Waals surface area contributed by atoms with Crippen molar-refractivity contribution < 1.29 is 4.79 Å². The van der Waals surface area contributed by atoms with Crippen molar-refractivity contribution in [2.45, 2.75) is 32.7 Å². The molecule has 1 amide bonds. The molecule has 0 aliphatic heterocycles. The Morgan fingerprint density at radius 1 is 1.14 bits per heavy atom. The molecular weight excluding hydrogens is 272 g/mol. The van der Waals surface area contributed by atoms with E-state index in [0.717, 1.165) is 12.0 Å². The molecule has 1 atom stereocenters. The van der Waals surface area contributed by atoms with Crippen LogP contribution in [0, 0.1) is 5.92 Å². The molecule has 2 aromatic carbocycles. The molecule has 0 spiro atoms. The van der Waals surface area contributed by atoms with Crippen molar-refractivity contribution in [1.82, 2.24) is 4.90 Å². The van der Waals surface area contributed by atoms with Gasteiger partial charge >= 0.3 is 0 Å². The van der Waals surface area contributed by atoms with Crippen molar-refractivity contribution in [3.05, 3.63) is 48.0 Å². The third-order valence-electron chi connectivity index (χ3n) is 4.25. The molecule has 0 saturated heterocycles. The van der Waals surface area contributed by atoms with Crippen molar-refractivity contribution in [3.63, 3.8) is 0 Å². The molecule has 2 N–H and O–H groups in total. The van der Waals surface area contributed by atoms with E-state index in [1.807, 2.05) is 25.2 Å². The van der Waals surface area contributed by atoms with Crippen LogP contribution in [0.25, 0.3) is 10.8 Å². The van der Waals surface area contributed by atoms with Gasteiger partial charge in [-0.25, -0.2) is 0 Å². The summed E-state index contributed by atoms with van der Waals surface area (Å²) in [4.78, 5) is 14.1. The molecule has 0 radical (unpaired) electrons. The van der Waals surface area contributed by atoms with E-state index >= 15 is 0 Å². The molecule has 3 heteroatoms. The molecular formula is C19H26N2O. The second-order valence-corrected chi connectivity index (χ2v) is 6.37. The second-order valence-electron chi connectivity index (χ2n) is 6.37. The highest BCUT2D eigenvalue weighted by Gasteiger charge is 2.13. The second kappa shape index (κ2) is 7.41. The number of fused-ring (bicyclic) bond motifs is 1. The molecule has 0 aromatic heterocycles. The summed E-state index contributed by atoms with van der Waals surface area (Å²) in [6.45, 7) is 4.94. The van der Waals surface area contributed by atoms with Gasteiger partial charge in [0.15, 0.2) is 0 Å². The largest absolute Gasteiger partial charge is 0.345 e. The van der Waals surface area contributed by atoms with Crippen LogP contribution < -0.4 is 5.73 Å². The highest BCUT2D eigenvalue weighted by molar-refractivity contribution is 5.85. The molecule has 0 saturated carbocycles. The lowest BCUT2D eigenvalue weighted by Gasteiger charge is -2.21. The lowest BCUT2D eigenvalue weighted by Crippen LogP contribution is -2.35.